The highest BCUT2D eigenvalue weighted by Gasteiger charge is 1.72. The lowest BCUT2D eigenvalue weighted by atomic mass is 10.2. The Bertz CT molecular complexity index is 261. The van der Waals surface area contributed by atoms with Crippen molar-refractivity contribution < 1.29 is 4.79 Å². The third kappa shape index (κ3) is 8.15. The van der Waals surface area contributed by atoms with Crippen LogP contribution in [0, 0.1) is 19.3 Å². The van der Waals surface area contributed by atoms with Crippen LogP contribution in [0.4, 0.5) is 0 Å². The van der Waals surface area contributed by atoms with E-state index in [4.69, 9.17) is 6.42 Å². The van der Waals surface area contributed by atoms with Gasteiger partial charge in [0.05, 0.1) is 6.54 Å². The molecular weight excluding hydrogens is 162 g/mol. The normalized spacial score (nSPS) is 7.38. The molecule has 0 radical (unpaired) electrons. The summed E-state index contributed by atoms with van der Waals surface area (Å²) in [6.45, 7) is 2.41. The predicted molar refractivity (Wildman–Crippen MR) is 54.1 cm³/mol. The molecule has 0 aliphatic rings. The van der Waals surface area contributed by atoms with E-state index >= 15 is 0 Å². The zero-order valence-corrected chi connectivity index (χ0v) is 7.66. The van der Waals surface area contributed by atoms with Crippen molar-refractivity contribution >= 4 is 6.41 Å². The van der Waals surface area contributed by atoms with Crippen molar-refractivity contribution in [1.29, 1.82) is 0 Å². The highest BCUT2D eigenvalue weighted by atomic mass is 16.1. The van der Waals surface area contributed by atoms with Gasteiger partial charge in [-0.3, -0.25) is 4.79 Å². The third-order valence-corrected chi connectivity index (χ3v) is 1.23. The Kier molecular flexibility index (Phi) is 7.22. The summed E-state index contributed by atoms with van der Waals surface area (Å²) in [5.41, 5.74) is 1.32. The van der Waals surface area contributed by atoms with Gasteiger partial charge in [-0.05, 0) is 6.92 Å². The van der Waals surface area contributed by atoms with Gasteiger partial charge in [0, 0.05) is 0 Å². The van der Waals surface area contributed by atoms with Crippen LogP contribution >= 0.6 is 0 Å². The maximum absolute atomic E-state index is 9.36. The lowest BCUT2D eigenvalue weighted by molar-refractivity contribution is -0.109. The lowest BCUT2D eigenvalue weighted by Crippen LogP contribution is -2.09. The smallest absolute Gasteiger partial charge is 0.207 e. The molecule has 1 aromatic rings. The molecule has 1 amide bonds. The molecule has 0 heterocycles. The summed E-state index contributed by atoms with van der Waals surface area (Å²) in [6.07, 6.45) is 5.31. The minimum absolute atomic E-state index is 0.323. The summed E-state index contributed by atoms with van der Waals surface area (Å²) in [5.74, 6) is 2.23. The molecule has 1 N–H and O–H groups in total. The van der Waals surface area contributed by atoms with E-state index in [1.807, 2.05) is 18.2 Å². The molecule has 0 aliphatic heterocycles. The van der Waals surface area contributed by atoms with E-state index in [-0.39, 0.29) is 0 Å². The standard InChI is InChI=1S/C7H8.C4H5NO/c1-7-5-3-2-4-6-7;1-2-3-5-4-6/h2-6H,1H3;1,4H,3H2,(H,5,6). The number of hydrogen-bond acceptors (Lipinski definition) is 1. The van der Waals surface area contributed by atoms with E-state index in [0.29, 0.717) is 13.0 Å². The van der Waals surface area contributed by atoms with Crippen LogP contribution in [-0.2, 0) is 4.79 Å². The van der Waals surface area contributed by atoms with Gasteiger partial charge in [0.25, 0.3) is 0 Å². The van der Waals surface area contributed by atoms with Gasteiger partial charge in [-0.2, -0.15) is 0 Å². The lowest BCUT2D eigenvalue weighted by Gasteiger charge is -1.82. The summed E-state index contributed by atoms with van der Waals surface area (Å²) in [7, 11) is 0. The van der Waals surface area contributed by atoms with Gasteiger partial charge in [-0.1, -0.05) is 41.8 Å². The van der Waals surface area contributed by atoms with Gasteiger partial charge in [0.15, 0.2) is 0 Å². The zero-order chi connectivity index (χ0) is 9.94. The van der Waals surface area contributed by atoms with Crippen molar-refractivity contribution in [3.63, 3.8) is 0 Å². The Morgan fingerprint density at radius 1 is 1.46 bits per heavy atom. The molecule has 68 valence electrons. The van der Waals surface area contributed by atoms with Gasteiger partial charge >= 0.3 is 0 Å². The second kappa shape index (κ2) is 8.35. The van der Waals surface area contributed by atoms with E-state index in [1.54, 1.807) is 0 Å². The van der Waals surface area contributed by atoms with Crippen LogP contribution in [0.3, 0.4) is 0 Å². The number of amides is 1. The molecule has 0 saturated heterocycles. The fourth-order valence-corrected chi connectivity index (χ4v) is 0.635. The molecule has 1 rings (SSSR count). The van der Waals surface area contributed by atoms with Gasteiger partial charge in [0.2, 0.25) is 6.41 Å². The number of carbonyl (C=O) groups excluding carboxylic acids is 1. The predicted octanol–water partition coefficient (Wildman–Crippen LogP) is 1.36. The van der Waals surface area contributed by atoms with Gasteiger partial charge < -0.3 is 5.32 Å². The fraction of sp³-hybridized carbons (Fsp3) is 0.182. The van der Waals surface area contributed by atoms with Crippen LogP contribution in [-0.4, -0.2) is 13.0 Å². The molecule has 2 nitrogen and oxygen atoms in total. The summed E-state index contributed by atoms with van der Waals surface area (Å²) >= 11 is 0. The molecule has 0 aliphatic carbocycles. The molecular formula is C11H13NO. The van der Waals surface area contributed by atoms with Crippen molar-refractivity contribution in [2.24, 2.45) is 0 Å². The van der Waals surface area contributed by atoms with Crippen molar-refractivity contribution in [2.45, 2.75) is 6.92 Å². The molecule has 13 heavy (non-hydrogen) atoms. The zero-order valence-electron chi connectivity index (χ0n) is 7.66. The van der Waals surface area contributed by atoms with E-state index in [0.717, 1.165) is 0 Å². The van der Waals surface area contributed by atoms with Crippen LogP contribution < -0.4 is 5.32 Å². The van der Waals surface area contributed by atoms with Crippen LogP contribution in [0.2, 0.25) is 0 Å². The number of benzene rings is 1. The van der Waals surface area contributed by atoms with Crippen molar-refractivity contribution in [2.75, 3.05) is 6.54 Å². The Balaban J connectivity index is 0.000000226. The minimum atomic E-state index is 0.323. The molecule has 2 heteroatoms. The first-order valence-electron chi connectivity index (χ1n) is 3.93. The Morgan fingerprint density at radius 3 is 2.31 bits per heavy atom. The maximum atomic E-state index is 9.36. The van der Waals surface area contributed by atoms with Gasteiger partial charge in [0.1, 0.15) is 0 Å². The summed E-state index contributed by atoms with van der Waals surface area (Å²) in [6, 6.07) is 10.3. The second-order valence-corrected chi connectivity index (χ2v) is 2.36. The van der Waals surface area contributed by atoms with Gasteiger partial charge in [-0.25, -0.2) is 0 Å². The van der Waals surface area contributed by atoms with Crippen LogP contribution in [0.15, 0.2) is 30.3 Å². The number of carbonyl (C=O) groups is 1. The average molecular weight is 175 g/mol. The largest absolute Gasteiger partial charge is 0.348 e. The number of rotatable bonds is 2. The van der Waals surface area contributed by atoms with Crippen molar-refractivity contribution in [1.82, 2.24) is 5.32 Å². The summed E-state index contributed by atoms with van der Waals surface area (Å²) in [5, 5.41) is 2.28. The number of terminal acetylenes is 1. The first kappa shape index (κ1) is 11.2. The summed E-state index contributed by atoms with van der Waals surface area (Å²) < 4.78 is 0. The van der Waals surface area contributed by atoms with Crippen LogP contribution in [0.1, 0.15) is 5.56 Å². The van der Waals surface area contributed by atoms with E-state index in [1.165, 1.54) is 5.56 Å². The molecule has 0 spiro atoms. The Hall–Kier alpha value is -1.75. The van der Waals surface area contributed by atoms with E-state index < -0.39 is 0 Å². The van der Waals surface area contributed by atoms with Crippen LogP contribution in [0.25, 0.3) is 0 Å². The number of aryl methyl sites for hydroxylation is 1. The molecule has 0 saturated carbocycles. The molecule has 0 bridgehead atoms. The maximum Gasteiger partial charge on any atom is 0.207 e. The van der Waals surface area contributed by atoms with Crippen molar-refractivity contribution in [3.8, 4) is 12.3 Å². The monoisotopic (exact) mass is 175 g/mol. The highest BCUT2D eigenvalue weighted by molar-refractivity contribution is 5.46. The molecule has 0 aromatic heterocycles. The molecule has 1 aromatic carbocycles. The molecule has 0 fully saturated rings. The molecule has 0 unspecified atom stereocenters. The van der Waals surface area contributed by atoms with Crippen molar-refractivity contribution in [3.05, 3.63) is 35.9 Å². The Labute approximate surface area is 79.0 Å². The quantitative estimate of drug-likeness (QED) is 0.410. The van der Waals surface area contributed by atoms with Crippen LogP contribution in [0.5, 0.6) is 0 Å². The topological polar surface area (TPSA) is 29.1 Å². The van der Waals surface area contributed by atoms with E-state index in [9.17, 15) is 4.79 Å². The average Bonchev–Trinajstić information content (AvgIpc) is 2.17. The summed E-state index contributed by atoms with van der Waals surface area (Å²) in [4.78, 5) is 9.36. The Morgan fingerprint density at radius 2 is 2.08 bits per heavy atom. The van der Waals surface area contributed by atoms with Gasteiger partial charge in [-0.15, -0.1) is 6.42 Å². The number of hydrogen-bond donors (Lipinski definition) is 1. The second-order valence-electron chi connectivity index (χ2n) is 2.36. The number of nitrogens with one attached hydrogen (secondary N) is 1. The SMILES string of the molecule is C#CCNC=O.Cc1ccccc1. The van der Waals surface area contributed by atoms with E-state index in [2.05, 4.69) is 30.3 Å². The third-order valence-electron chi connectivity index (χ3n) is 1.23. The minimum Gasteiger partial charge on any atom is -0.348 e. The fourth-order valence-electron chi connectivity index (χ4n) is 0.635. The first-order valence-corrected chi connectivity index (χ1v) is 3.93. The first-order chi connectivity index (χ1) is 6.31. The molecule has 0 atom stereocenters. The highest BCUT2D eigenvalue weighted by Crippen LogP contribution is 1.92.